The summed E-state index contributed by atoms with van der Waals surface area (Å²) in [6.07, 6.45) is 14.4. The lowest BCUT2D eigenvalue weighted by molar-refractivity contribution is -0.136. The molecular weight excluding hydrogens is 619 g/mol. The van der Waals surface area contributed by atoms with Crippen LogP contribution in [0, 0.1) is 12.7 Å². The average Bonchev–Trinajstić information content (AvgIpc) is 3.08. The number of ketones is 1. The molecule has 1 N–H and O–H groups in total. The van der Waals surface area contributed by atoms with Gasteiger partial charge in [-0.15, -0.1) is 0 Å². The Bertz CT molecular complexity index is 1300. The molecule has 49 heavy (non-hydrogen) atoms. The van der Waals surface area contributed by atoms with E-state index in [0.717, 1.165) is 47.5 Å². The van der Waals surface area contributed by atoms with E-state index in [1.54, 1.807) is 47.1 Å². The number of hydrogen-bond acceptors (Lipinski definition) is 5. The first kappa shape index (κ1) is 49.4. The third-order valence-electron chi connectivity index (χ3n) is 6.88. The van der Waals surface area contributed by atoms with E-state index in [4.69, 9.17) is 19.3 Å². The molecule has 0 atom stereocenters. The third kappa shape index (κ3) is 20.2. The maximum absolute atomic E-state index is 13.1. The molecule has 0 amide bonds. The molecule has 0 aromatic heterocycles. The summed E-state index contributed by atoms with van der Waals surface area (Å²) in [6, 6.07) is 8.76. The molecule has 2 aromatic rings. The molecule has 2 aromatic carbocycles. The number of aryl methyl sites for hydroxylation is 1. The van der Waals surface area contributed by atoms with Crippen molar-refractivity contribution in [3.05, 3.63) is 99.9 Å². The van der Waals surface area contributed by atoms with E-state index in [2.05, 4.69) is 45.9 Å². The molecule has 0 unspecified atom stereocenters. The van der Waals surface area contributed by atoms with E-state index in [1.807, 2.05) is 45.1 Å². The van der Waals surface area contributed by atoms with Crippen molar-refractivity contribution in [1.29, 1.82) is 0 Å². The maximum atomic E-state index is 13.1. The van der Waals surface area contributed by atoms with Gasteiger partial charge in [-0.3, -0.25) is 9.59 Å². The number of carboxylic acid groups (broad SMARTS) is 1. The van der Waals surface area contributed by atoms with E-state index in [-0.39, 0.29) is 25.2 Å². The van der Waals surface area contributed by atoms with Crippen LogP contribution < -0.4 is 9.47 Å². The van der Waals surface area contributed by atoms with Crippen LogP contribution in [0.25, 0.3) is 5.57 Å². The molecule has 0 radical (unpaired) electrons. The van der Waals surface area contributed by atoms with Crippen LogP contribution in [0.3, 0.4) is 0 Å². The predicted molar refractivity (Wildman–Crippen MR) is 206 cm³/mol. The van der Waals surface area contributed by atoms with E-state index in [9.17, 15) is 14.0 Å². The highest BCUT2D eigenvalue weighted by molar-refractivity contribution is 5.97. The number of hydrogen-bond donors (Lipinski definition) is 1. The van der Waals surface area contributed by atoms with E-state index < -0.39 is 11.8 Å². The number of ether oxygens (including phenoxy) is 3. The first-order valence-electron chi connectivity index (χ1n) is 16.8. The van der Waals surface area contributed by atoms with Gasteiger partial charge in [0.25, 0.3) is 0 Å². The van der Waals surface area contributed by atoms with Gasteiger partial charge in [-0.05, 0) is 94.9 Å². The van der Waals surface area contributed by atoms with Gasteiger partial charge < -0.3 is 19.3 Å². The van der Waals surface area contributed by atoms with Gasteiger partial charge in [-0.1, -0.05) is 89.6 Å². The number of carbonyl (C=O) groups excluding carboxylic acids is 1. The third-order valence-corrected chi connectivity index (χ3v) is 6.88. The van der Waals surface area contributed by atoms with E-state index in [0.29, 0.717) is 25.2 Å². The summed E-state index contributed by atoms with van der Waals surface area (Å²) in [6.45, 7) is 21.0. The molecule has 0 spiro atoms. The van der Waals surface area contributed by atoms with Crippen molar-refractivity contribution in [1.82, 2.24) is 0 Å². The Labute approximate surface area is 297 Å². The second kappa shape index (κ2) is 30.1. The van der Waals surface area contributed by atoms with Crippen LogP contribution in [-0.2, 0) is 16.1 Å². The van der Waals surface area contributed by atoms with Gasteiger partial charge in [0, 0.05) is 19.4 Å². The SMILES string of the molecule is C.C/C=C\C.CCC(=O)O.CCC(=O)c1c(C)cccc1F.CC\C=C(C)/C(=C\C=C(\C)CCC)c1c(OC)cc(COCC)cc1OC. The van der Waals surface area contributed by atoms with Crippen molar-refractivity contribution in [2.75, 3.05) is 20.8 Å². The van der Waals surface area contributed by atoms with Crippen LogP contribution in [0.1, 0.15) is 129 Å². The standard InChI is InChI=1S/C24H36O3.C10H11FO.C4H8.C3H6O2.CH4/c1-8-11-18(4)13-14-21(19(5)12-9-2)24-22(25-6)15-20(17-27-10-3)16-23(24)26-7;1-3-9(12)10-7(2)5-4-6-8(10)11;1-3-4-2;1-2-3(4)5;/h12-16H,8-11,17H2,1-7H3;4-6H,3H2,1-2H3;3-4H,1-2H3;2H2,1H3,(H,4,5);1H4/b18-13-,19-12-,21-14+;;4-3-;;. The fourth-order valence-corrected chi connectivity index (χ4v) is 4.23. The maximum Gasteiger partial charge on any atom is 0.303 e. The molecule has 7 heteroatoms. The molecule has 0 heterocycles. The minimum absolute atomic E-state index is 0. The Morgan fingerprint density at radius 2 is 1.43 bits per heavy atom. The number of allylic oxidation sites excluding steroid dienone is 8. The Morgan fingerprint density at radius 3 is 1.82 bits per heavy atom. The van der Waals surface area contributed by atoms with Gasteiger partial charge in [0.15, 0.2) is 5.78 Å². The summed E-state index contributed by atoms with van der Waals surface area (Å²) in [7, 11) is 3.41. The number of Topliss-reactive ketones (excluding diaryl/α,β-unsaturated/α-hetero) is 1. The summed E-state index contributed by atoms with van der Waals surface area (Å²) in [4.78, 5) is 20.6. The van der Waals surface area contributed by atoms with Crippen molar-refractivity contribution in [3.63, 3.8) is 0 Å². The molecule has 0 bridgehead atoms. The predicted octanol–water partition coefficient (Wildman–Crippen LogP) is 12.2. The minimum atomic E-state index is -0.745. The van der Waals surface area contributed by atoms with E-state index in [1.165, 1.54) is 17.2 Å². The minimum Gasteiger partial charge on any atom is -0.496 e. The normalized spacial score (nSPS) is 11.2. The number of halogens is 1. The average molecular weight is 685 g/mol. The Morgan fingerprint density at radius 1 is 0.878 bits per heavy atom. The number of methoxy groups -OCH3 is 2. The summed E-state index contributed by atoms with van der Waals surface area (Å²) >= 11 is 0. The largest absolute Gasteiger partial charge is 0.496 e. The fraction of sp³-hybridized carbons (Fsp3) is 0.476. The molecule has 276 valence electrons. The van der Waals surface area contributed by atoms with Gasteiger partial charge in [-0.2, -0.15) is 0 Å². The zero-order valence-electron chi connectivity index (χ0n) is 31.6. The molecule has 2 rings (SSSR count). The molecule has 0 aliphatic heterocycles. The van der Waals surface area contributed by atoms with Crippen molar-refractivity contribution >= 4 is 17.3 Å². The van der Waals surface area contributed by atoms with Crippen LogP contribution in [0.15, 0.2) is 71.9 Å². The molecule has 0 aliphatic carbocycles. The quantitative estimate of drug-likeness (QED) is 0.121. The molecular formula is C42H65FO6. The Hall–Kier alpha value is -3.97. The van der Waals surface area contributed by atoms with Crippen molar-refractivity contribution in [3.8, 4) is 11.5 Å². The van der Waals surface area contributed by atoms with Crippen LogP contribution in [0.2, 0.25) is 0 Å². The van der Waals surface area contributed by atoms with Crippen molar-refractivity contribution < 1.29 is 33.3 Å². The summed E-state index contributed by atoms with van der Waals surface area (Å²) < 4.78 is 30.1. The van der Waals surface area contributed by atoms with Gasteiger partial charge in [0.1, 0.15) is 17.3 Å². The highest BCUT2D eigenvalue weighted by Crippen LogP contribution is 2.40. The zero-order valence-corrected chi connectivity index (χ0v) is 31.6. The monoisotopic (exact) mass is 684 g/mol. The van der Waals surface area contributed by atoms with Gasteiger partial charge in [-0.25, -0.2) is 4.39 Å². The van der Waals surface area contributed by atoms with Gasteiger partial charge >= 0.3 is 5.97 Å². The number of carbonyl (C=O) groups is 2. The second-order valence-corrected chi connectivity index (χ2v) is 10.8. The number of benzene rings is 2. The molecule has 0 saturated carbocycles. The number of aliphatic carboxylic acids is 1. The van der Waals surface area contributed by atoms with E-state index >= 15 is 0 Å². The molecule has 0 fully saturated rings. The molecule has 6 nitrogen and oxygen atoms in total. The lowest BCUT2D eigenvalue weighted by atomic mass is 9.94. The summed E-state index contributed by atoms with van der Waals surface area (Å²) in [5.74, 6) is 0.318. The highest BCUT2D eigenvalue weighted by atomic mass is 19.1. The Kier molecular flexibility index (Phi) is 30.4. The Balaban J connectivity index is -0.000000786. The van der Waals surface area contributed by atoms with Crippen LogP contribution in [0.4, 0.5) is 4.39 Å². The van der Waals surface area contributed by atoms with Crippen LogP contribution in [-0.4, -0.2) is 37.7 Å². The first-order valence-corrected chi connectivity index (χ1v) is 16.8. The van der Waals surface area contributed by atoms with Crippen LogP contribution in [0.5, 0.6) is 11.5 Å². The summed E-state index contributed by atoms with van der Waals surface area (Å²) in [5.41, 5.74) is 6.69. The van der Waals surface area contributed by atoms with Crippen molar-refractivity contribution in [2.24, 2.45) is 0 Å². The zero-order chi connectivity index (χ0) is 37.1. The second-order valence-electron chi connectivity index (χ2n) is 10.8. The lowest BCUT2D eigenvalue weighted by Crippen LogP contribution is -2.02. The smallest absolute Gasteiger partial charge is 0.303 e. The first-order chi connectivity index (χ1) is 22.9. The van der Waals surface area contributed by atoms with Gasteiger partial charge in [0.05, 0.1) is 32.0 Å². The topological polar surface area (TPSA) is 82.1 Å². The van der Waals surface area contributed by atoms with Crippen molar-refractivity contribution in [2.45, 2.75) is 115 Å². The summed E-state index contributed by atoms with van der Waals surface area (Å²) in [5, 5.41) is 7.72. The number of carboxylic acids is 1. The molecule has 0 saturated heterocycles. The fourth-order valence-electron chi connectivity index (χ4n) is 4.23. The number of rotatable bonds is 14. The lowest BCUT2D eigenvalue weighted by Gasteiger charge is -2.18. The van der Waals surface area contributed by atoms with Gasteiger partial charge in [0.2, 0.25) is 0 Å². The molecule has 0 aliphatic rings. The highest BCUT2D eigenvalue weighted by Gasteiger charge is 2.18. The van der Waals surface area contributed by atoms with Crippen LogP contribution >= 0.6 is 0 Å².